The zero-order valence-electron chi connectivity index (χ0n) is 9.74. The second-order valence-corrected chi connectivity index (χ2v) is 3.72. The van der Waals surface area contributed by atoms with Gasteiger partial charge in [-0.25, -0.2) is 0 Å². The van der Waals surface area contributed by atoms with Crippen molar-refractivity contribution in [3.8, 4) is 0 Å². The predicted molar refractivity (Wildman–Crippen MR) is 69.7 cm³/mol. The molecule has 1 aromatic heterocycles. The summed E-state index contributed by atoms with van der Waals surface area (Å²) in [5.41, 5.74) is 6.23. The van der Waals surface area contributed by atoms with E-state index in [0.29, 0.717) is 5.69 Å². The number of nitro benzene ring substituents is 1. The molecule has 0 aliphatic carbocycles. The van der Waals surface area contributed by atoms with Crippen molar-refractivity contribution >= 4 is 23.0 Å². The Labute approximate surface area is 108 Å². The quantitative estimate of drug-likeness (QED) is 0.495. The molecule has 0 saturated heterocycles. The van der Waals surface area contributed by atoms with Crippen molar-refractivity contribution in [1.82, 2.24) is 4.98 Å². The SMILES string of the molecule is Nc1ccc([N+](=O)[O-])cc1C(=O)Nc1ccncc1. The third-order valence-corrected chi connectivity index (χ3v) is 2.43. The minimum Gasteiger partial charge on any atom is -0.398 e. The molecule has 0 unspecified atom stereocenters. The Hall–Kier alpha value is -2.96. The van der Waals surface area contributed by atoms with Gasteiger partial charge >= 0.3 is 0 Å². The van der Waals surface area contributed by atoms with Crippen molar-refractivity contribution in [2.24, 2.45) is 0 Å². The fourth-order valence-corrected chi connectivity index (χ4v) is 1.49. The normalized spacial score (nSPS) is 9.89. The number of nitro groups is 1. The van der Waals surface area contributed by atoms with Gasteiger partial charge < -0.3 is 11.1 Å². The van der Waals surface area contributed by atoms with Gasteiger partial charge in [-0.2, -0.15) is 0 Å². The number of carbonyl (C=O) groups excluding carboxylic acids is 1. The molecule has 0 fully saturated rings. The van der Waals surface area contributed by atoms with Crippen molar-refractivity contribution in [2.45, 2.75) is 0 Å². The Bertz CT molecular complexity index is 628. The third kappa shape index (κ3) is 2.83. The second-order valence-electron chi connectivity index (χ2n) is 3.72. The highest BCUT2D eigenvalue weighted by Gasteiger charge is 2.15. The number of nitrogens with two attached hydrogens (primary N) is 1. The third-order valence-electron chi connectivity index (χ3n) is 2.43. The number of nitrogens with one attached hydrogen (secondary N) is 1. The van der Waals surface area contributed by atoms with Gasteiger partial charge in [-0.15, -0.1) is 0 Å². The van der Waals surface area contributed by atoms with Crippen molar-refractivity contribution in [3.05, 3.63) is 58.4 Å². The number of hydrogen-bond acceptors (Lipinski definition) is 5. The van der Waals surface area contributed by atoms with Gasteiger partial charge in [-0.05, 0) is 18.2 Å². The Morgan fingerprint density at radius 2 is 1.95 bits per heavy atom. The minimum absolute atomic E-state index is 0.0611. The van der Waals surface area contributed by atoms with Gasteiger partial charge in [0.2, 0.25) is 0 Å². The number of benzene rings is 1. The molecule has 0 bridgehead atoms. The number of nitrogen functional groups attached to an aromatic ring is 1. The molecule has 2 aromatic rings. The summed E-state index contributed by atoms with van der Waals surface area (Å²) in [4.78, 5) is 25.9. The predicted octanol–water partition coefficient (Wildman–Crippen LogP) is 1.82. The van der Waals surface area contributed by atoms with E-state index in [1.165, 1.54) is 24.5 Å². The molecule has 0 aliphatic heterocycles. The average molecular weight is 258 g/mol. The van der Waals surface area contributed by atoms with E-state index in [0.717, 1.165) is 6.07 Å². The van der Waals surface area contributed by atoms with E-state index in [9.17, 15) is 14.9 Å². The van der Waals surface area contributed by atoms with E-state index in [-0.39, 0.29) is 16.9 Å². The van der Waals surface area contributed by atoms with Gasteiger partial charge in [-0.1, -0.05) is 0 Å². The number of amides is 1. The van der Waals surface area contributed by atoms with Gasteiger partial charge in [0.15, 0.2) is 0 Å². The number of carbonyl (C=O) groups is 1. The maximum Gasteiger partial charge on any atom is 0.270 e. The number of rotatable bonds is 3. The smallest absolute Gasteiger partial charge is 0.270 e. The van der Waals surface area contributed by atoms with Crippen molar-refractivity contribution in [3.63, 3.8) is 0 Å². The molecule has 0 aliphatic rings. The standard InChI is InChI=1S/C12H10N4O3/c13-11-2-1-9(16(18)19)7-10(11)12(17)15-8-3-5-14-6-4-8/h1-7H,13H2,(H,14,15,17). The topological polar surface area (TPSA) is 111 Å². The minimum atomic E-state index is -0.581. The van der Waals surface area contributed by atoms with Crippen molar-refractivity contribution in [1.29, 1.82) is 0 Å². The molecule has 19 heavy (non-hydrogen) atoms. The molecule has 7 heteroatoms. The van der Waals surface area contributed by atoms with E-state index >= 15 is 0 Å². The Balaban J connectivity index is 2.28. The fraction of sp³-hybridized carbons (Fsp3) is 0. The van der Waals surface area contributed by atoms with Crippen LogP contribution in [0.4, 0.5) is 17.1 Å². The molecule has 0 saturated carbocycles. The molecule has 96 valence electrons. The molecular formula is C12H10N4O3. The molecule has 7 nitrogen and oxygen atoms in total. The van der Waals surface area contributed by atoms with Crippen LogP contribution in [0.3, 0.4) is 0 Å². The fourth-order valence-electron chi connectivity index (χ4n) is 1.49. The molecule has 0 radical (unpaired) electrons. The molecule has 2 rings (SSSR count). The average Bonchev–Trinajstić information content (AvgIpc) is 2.40. The Kier molecular flexibility index (Phi) is 3.37. The maximum atomic E-state index is 12.0. The molecule has 0 spiro atoms. The van der Waals surface area contributed by atoms with Crippen LogP contribution < -0.4 is 11.1 Å². The summed E-state index contributed by atoms with van der Waals surface area (Å²) >= 11 is 0. The van der Waals surface area contributed by atoms with E-state index < -0.39 is 10.8 Å². The van der Waals surface area contributed by atoms with Crippen molar-refractivity contribution < 1.29 is 9.72 Å². The highest BCUT2D eigenvalue weighted by molar-refractivity contribution is 6.08. The summed E-state index contributed by atoms with van der Waals surface area (Å²) in [6, 6.07) is 6.93. The number of anilines is 2. The zero-order valence-corrected chi connectivity index (χ0v) is 9.74. The highest BCUT2D eigenvalue weighted by Crippen LogP contribution is 2.20. The largest absolute Gasteiger partial charge is 0.398 e. The van der Waals surface area contributed by atoms with Gasteiger partial charge in [0.05, 0.1) is 10.5 Å². The van der Waals surface area contributed by atoms with Gasteiger partial charge in [0, 0.05) is 35.9 Å². The molecular weight excluding hydrogens is 248 g/mol. The lowest BCUT2D eigenvalue weighted by molar-refractivity contribution is -0.384. The number of pyridine rings is 1. The van der Waals surface area contributed by atoms with Crippen LogP contribution >= 0.6 is 0 Å². The van der Waals surface area contributed by atoms with Gasteiger partial charge in [0.1, 0.15) is 0 Å². The first-order chi connectivity index (χ1) is 9.08. The van der Waals surface area contributed by atoms with E-state index in [4.69, 9.17) is 5.73 Å². The summed E-state index contributed by atoms with van der Waals surface area (Å²) in [5, 5.41) is 13.3. The molecule has 1 amide bonds. The molecule has 1 aromatic carbocycles. The van der Waals surface area contributed by atoms with Gasteiger partial charge in [-0.3, -0.25) is 19.9 Å². The van der Waals surface area contributed by atoms with Crippen LogP contribution in [0.5, 0.6) is 0 Å². The zero-order chi connectivity index (χ0) is 13.8. The Morgan fingerprint density at radius 3 is 2.58 bits per heavy atom. The molecule has 3 N–H and O–H groups in total. The number of non-ortho nitro benzene ring substituents is 1. The van der Waals surface area contributed by atoms with Gasteiger partial charge in [0.25, 0.3) is 11.6 Å². The van der Waals surface area contributed by atoms with Crippen LogP contribution in [0.25, 0.3) is 0 Å². The Morgan fingerprint density at radius 1 is 1.26 bits per heavy atom. The van der Waals surface area contributed by atoms with Crippen LogP contribution in [0.1, 0.15) is 10.4 Å². The summed E-state index contributed by atoms with van der Waals surface area (Å²) in [7, 11) is 0. The summed E-state index contributed by atoms with van der Waals surface area (Å²) in [6.45, 7) is 0. The summed E-state index contributed by atoms with van der Waals surface area (Å²) < 4.78 is 0. The lowest BCUT2D eigenvalue weighted by Gasteiger charge is -2.07. The first-order valence-electron chi connectivity index (χ1n) is 5.33. The lowest BCUT2D eigenvalue weighted by atomic mass is 10.1. The van der Waals surface area contributed by atoms with Crippen LogP contribution in [0, 0.1) is 10.1 Å². The van der Waals surface area contributed by atoms with E-state index in [2.05, 4.69) is 10.3 Å². The number of aromatic nitrogens is 1. The number of hydrogen-bond donors (Lipinski definition) is 2. The number of nitrogens with zero attached hydrogens (tertiary/aromatic N) is 2. The molecule has 1 heterocycles. The highest BCUT2D eigenvalue weighted by atomic mass is 16.6. The van der Waals surface area contributed by atoms with Crippen LogP contribution in [0.2, 0.25) is 0 Å². The van der Waals surface area contributed by atoms with Crippen LogP contribution in [-0.2, 0) is 0 Å². The monoisotopic (exact) mass is 258 g/mol. The van der Waals surface area contributed by atoms with Crippen LogP contribution in [-0.4, -0.2) is 15.8 Å². The lowest BCUT2D eigenvalue weighted by Crippen LogP contribution is -2.14. The first kappa shape index (κ1) is 12.5. The first-order valence-corrected chi connectivity index (χ1v) is 5.33. The van der Waals surface area contributed by atoms with E-state index in [1.54, 1.807) is 12.1 Å². The maximum absolute atomic E-state index is 12.0. The van der Waals surface area contributed by atoms with E-state index in [1.807, 2.05) is 0 Å². The second kappa shape index (κ2) is 5.13. The summed E-state index contributed by atoms with van der Waals surface area (Å²) in [6.07, 6.45) is 3.04. The van der Waals surface area contributed by atoms with Crippen molar-refractivity contribution in [2.75, 3.05) is 11.1 Å². The molecule has 0 atom stereocenters. The van der Waals surface area contributed by atoms with Crippen LogP contribution in [0.15, 0.2) is 42.7 Å². The summed E-state index contributed by atoms with van der Waals surface area (Å²) in [5.74, 6) is -0.507.